The summed E-state index contributed by atoms with van der Waals surface area (Å²) in [6.45, 7) is 4.01. The van der Waals surface area contributed by atoms with Crippen LogP contribution in [0.1, 0.15) is 13.3 Å². The Morgan fingerprint density at radius 1 is 1.22 bits per heavy atom. The summed E-state index contributed by atoms with van der Waals surface area (Å²) in [7, 11) is -3.39. The largest absolute Gasteiger partial charge is 0.315 e. The molecule has 0 saturated carbocycles. The molecule has 2 N–H and O–H groups in total. The molecule has 4 nitrogen and oxygen atoms in total. The summed E-state index contributed by atoms with van der Waals surface area (Å²) in [6.07, 6.45) is 1.04. The van der Waals surface area contributed by atoms with Crippen LogP contribution in [0.15, 0.2) is 33.6 Å². The molecule has 0 spiro atoms. The highest BCUT2D eigenvalue weighted by Gasteiger charge is 2.12. The molecule has 0 amide bonds. The van der Waals surface area contributed by atoms with Crippen LogP contribution in [0, 0.1) is 0 Å². The molecule has 0 fully saturated rings. The first kappa shape index (κ1) is 17.9. The minimum atomic E-state index is -3.39. The molecule has 1 aromatic carbocycles. The Bertz CT molecular complexity index is 454. The van der Waals surface area contributed by atoms with Gasteiger partial charge in [-0.25, -0.2) is 13.1 Å². The number of sulfonamides is 1. The third-order valence-corrected chi connectivity index (χ3v) is 4.08. The molecule has 0 aromatic heterocycles. The van der Waals surface area contributed by atoms with Crippen LogP contribution in [0.5, 0.6) is 0 Å². The third kappa shape index (κ3) is 6.15. The monoisotopic (exact) mass is 356 g/mol. The van der Waals surface area contributed by atoms with Crippen LogP contribution < -0.4 is 10.0 Å². The zero-order valence-electron chi connectivity index (χ0n) is 10.1. The van der Waals surface area contributed by atoms with Gasteiger partial charge in [0, 0.05) is 17.6 Å². The molecule has 0 radical (unpaired) electrons. The molecule has 0 heterocycles. The topological polar surface area (TPSA) is 58.2 Å². The zero-order chi connectivity index (χ0) is 12.7. The highest BCUT2D eigenvalue weighted by atomic mass is 79.9. The van der Waals surface area contributed by atoms with Gasteiger partial charge in [-0.1, -0.05) is 28.9 Å². The lowest BCUT2D eigenvalue weighted by Crippen LogP contribution is -2.32. The van der Waals surface area contributed by atoms with Crippen LogP contribution in [0.3, 0.4) is 0 Å². The van der Waals surface area contributed by atoms with Gasteiger partial charge in [-0.2, -0.15) is 0 Å². The average molecular weight is 358 g/mol. The molecule has 7 heteroatoms. The second-order valence-corrected chi connectivity index (χ2v) is 6.29. The van der Waals surface area contributed by atoms with E-state index in [-0.39, 0.29) is 17.3 Å². The van der Waals surface area contributed by atoms with E-state index in [2.05, 4.69) is 32.9 Å². The smallest absolute Gasteiger partial charge is 0.240 e. The third-order valence-electron chi connectivity index (χ3n) is 2.13. The fraction of sp³-hybridized carbons (Fsp3) is 0.455. The Morgan fingerprint density at radius 2 is 1.94 bits per heavy atom. The Labute approximate surface area is 123 Å². The molecule has 0 aliphatic heterocycles. The van der Waals surface area contributed by atoms with E-state index in [1.54, 1.807) is 24.3 Å². The lowest BCUT2D eigenvalue weighted by atomic mass is 10.4. The maximum absolute atomic E-state index is 11.9. The second-order valence-electron chi connectivity index (χ2n) is 3.61. The van der Waals surface area contributed by atoms with Crippen molar-refractivity contribution >= 4 is 38.4 Å². The lowest BCUT2D eigenvalue weighted by Gasteiger charge is -2.07. The van der Waals surface area contributed by atoms with Gasteiger partial charge < -0.3 is 5.32 Å². The van der Waals surface area contributed by atoms with Crippen LogP contribution in [0.2, 0.25) is 0 Å². The van der Waals surface area contributed by atoms with Crippen molar-refractivity contribution in [1.29, 1.82) is 0 Å². The van der Waals surface area contributed by atoms with Crippen LogP contribution in [0.25, 0.3) is 0 Å². The van der Waals surface area contributed by atoms with Crippen molar-refractivity contribution in [3.63, 3.8) is 0 Å². The van der Waals surface area contributed by atoms with Crippen molar-refractivity contribution in [2.24, 2.45) is 0 Å². The first-order valence-electron chi connectivity index (χ1n) is 5.52. The molecular weight excluding hydrogens is 340 g/mol. The minimum absolute atomic E-state index is 0. The van der Waals surface area contributed by atoms with Gasteiger partial charge in [-0.05, 0) is 31.2 Å². The maximum Gasteiger partial charge on any atom is 0.240 e. The van der Waals surface area contributed by atoms with Crippen LogP contribution >= 0.6 is 28.3 Å². The molecule has 0 unspecified atom stereocenters. The van der Waals surface area contributed by atoms with Crippen LogP contribution in [-0.4, -0.2) is 28.1 Å². The lowest BCUT2D eigenvalue weighted by molar-refractivity contribution is 0.575. The second kappa shape index (κ2) is 8.87. The fourth-order valence-electron chi connectivity index (χ4n) is 1.29. The molecule has 0 aliphatic carbocycles. The predicted molar refractivity (Wildman–Crippen MR) is 79.7 cm³/mol. The summed E-state index contributed by atoms with van der Waals surface area (Å²) in [5.41, 5.74) is 0. The molecule has 18 heavy (non-hydrogen) atoms. The van der Waals surface area contributed by atoms with Gasteiger partial charge in [-0.15, -0.1) is 12.4 Å². The van der Waals surface area contributed by atoms with Gasteiger partial charge in [-0.3, -0.25) is 0 Å². The van der Waals surface area contributed by atoms with E-state index in [0.717, 1.165) is 17.4 Å². The Hall–Kier alpha value is -0.140. The highest BCUT2D eigenvalue weighted by Crippen LogP contribution is 2.15. The highest BCUT2D eigenvalue weighted by molar-refractivity contribution is 9.10. The van der Waals surface area contributed by atoms with E-state index >= 15 is 0 Å². The zero-order valence-corrected chi connectivity index (χ0v) is 13.4. The molecule has 1 aromatic rings. The standard InChI is InChI=1S/C11H17BrN2O2S.ClH/c1-2-6-13-7-8-14-17(15,16)11-5-3-4-10(12)9-11;/h3-5,9,13-14H,2,6-8H2,1H3;1H. The first-order chi connectivity index (χ1) is 8.06. The summed E-state index contributed by atoms with van der Waals surface area (Å²) >= 11 is 3.25. The van der Waals surface area contributed by atoms with Crippen molar-refractivity contribution in [3.05, 3.63) is 28.7 Å². The molecule has 0 aliphatic rings. The van der Waals surface area contributed by atoms with Gasteiger partial charge in [0.2, 0.25) is 10.0 Å². The van der Waals surface area contributed by atoms with Crippen molar-refractivity contribution in [2.75, 3.05) is 19.6 Å². The molecule has 0 bridgehead atoms. The van der Waals surface area contributed by atoms with Crippen molar-refractivity contribution in [3.8, 4) is 0 Å². The van der Waals surface area contributed by atoms with Crippen molar-refractivity contribution in [2.45, 2.75) is 18.2 Å². The minimum Gasteiger partial charge on any atom is -0.315 e. The molecule has 104 valence electrons. The number of nitrogens with one attached hydrogen (secondary N) is 2. The van der Waals surface area contributed by atoms with Gasteiger partial charge >= 0.3 is 0 Å². The summed E-state index contributed by atoms with van der Waals surface area (Å²) < 4.78 is 27.0. The first-order valence-corrected chi connectivity index (χ1v) is 7.80. The molecular formula is C11H18BrClN2O2S. The van der Waals surface area contributed by atoms with Crippen molar-refractivity contribution < 1.29 is 8.42 Å². The van der Waals surface area contributed by atoms with Crippen LogP contribution in [0.4, 0.5) is 0 Å². The summed E-state index contributed by atoms with van der Waals surface area (Å²) in [6, 6.07) is 6.66. The molecule has 0 saturated heterocycles. The molecule has 1 rings (SSSR count). The van der Waals surface area contributed by atoms with Gasteiger partial charge in [0.1, 0.15) is 0 Å². The average Bonchev–Trinajstić information content (AvgIpc) is 2.29. The molecule has 0 atom stereocenters. The van der Waals surface area contributed by atoms with Gasteiger partial charge in [0.05, 0.1) is 4.90 Å². The number of halogens is 2. The van der Waals surface area contributed by atoms with Gasteiger partial charge in [0.15, 0.2) is 0 Å². The van der Waals surface area contributed by atoms with E-state index in [0.29, 0.717) is 13.1 Å². The quantitative estimate of drug-likeness (QED) is 0.735. The van der Waals surface area contributed by atoms with E-state index in [9.17, 15) is 8.42 Å². The van der Waals surface area contributed by atoms with E-state index < -0.39 is 10.0 Å². The van der Waals surface area contributed by atoms with E-state index in [4.69, 9.17) is 0 Å². The van der Waals surface area contributed by atoms with Crippen LogP contribution in [-0.2, 0) is 10.0 Å². The SMILES string of the molecule is CCCNCCNS(=O)(=O)c1cccc(Br)c1.Cl. The van der Waals surface area contributed by atoms with Crippen molar-refractivity contribution in [1.82, 2.24) is 10.0 Å². The Balaban J connectivity index is 0.00000289. The summed E-state index contributed by atoms with van der Waals surface area (Å²) in [5, 5.41) is 3.13. The number of benzene rings is 1. The number of rotatable bonds is 7. The van der Waals surface area contributed by atoms with E-state index in [1.165, 1.54) is 0 Å². The Morgan fingerprint density at radius 3 is 2.56 bits per heavy atom. The number of hydrogen-bond acceptors (Lipinski definition) is 3. The fourth-order valence-corrected chi connectivity index (χ4v) is 2.92. The summed E-state index contributed by atoms with van der Waals surface area (Å²) in [5.74, 6) is 0. The van der Waals surface area contributed by atoms with Gasteiger partial charge in [0.25, 0.3) is 0 Å². The maximum atomic E-state index is 11.9. The van der Waals surface area contributed by atoms with E-state index in [1.807, 2.05) is 0 Å². The summed E-state index contributed by atoms with van der Waals surface area (Å²) in [4.78, 5) is 0.280. The predicted octanol–water partition coefficient (Wildman–Crippen LogP) is 2.15. The Kier molecular flexibility index (Phi) is 8.81. The number of hydrogen-bond donors (Lipinski definition) is 2. The normalized spacial score (nSPS) is 11.0.